The van der Waals surface area contributed by atoms with Crippen LogP contribution in [0.25, 0.3) is 0 Å². The lowest BCUT2D eigenvalue weighted by Crippen LogP contribution is -2.20. The first kappa shape index (κ1) is 16.0. The predicted octanol–water partition coefficient (Wildman–Crippen LogP) is 4.25. The van der Waals surface area contributed by atoms with E-state index in [1.54, 1.807) is 12.3 Å². The van der Waals surface area contributed by atoms with Crippen molar-refractivity contribution >= 4 is 35.1 Å². The zero-order valence-corrected chi connectivity index (χ0v) is 13.9. The average Bonchev–Trinajstić information content (AvgIpc) is 2.97. The largest absolute Gasteiger partial charge is 0.351 e. The molecule has 0 saturated heterocycles. The van der Waals surface area contributed by atoms with Gasteiger partial charge in [0.2, 0.25) is 0 Å². The topological polar surface area (TPSA) is 35.9 Å². The number of hydrogen-bond acceptors (Lipinski definition) is 3. The van der Waals surface area contributed by atoms with Gasteiger partial charge in [0.05, 0.1) is 17.5 Å². The van der Waals surface area contributed by atoms with Crippen LogP contribution in [0.4, 0.5) is 11.4 Å². The maximum absolute atomic E-state index is 12.4. The number of carbonyl (C=O) groups is 1. The summed E-state index contributed by atoms with van der Waals surface area (Å²) < 4.78 is 0. The average molecular weight is 338 g/mol. The van der Waals surface area contributed by atoms with Gasteiger partial charge >= 0.3 is 0 Å². The van der Waals surface area contributed by atoms with E-state index in [4.69, 9.17) is 11.6 Å². The van der Waals surface area contributed by atoms with Crippen molar-refractivity contribution < 1.29 is 4.79 Å². The molecule has 1 heterocycles. The van der Waals surface area contributed by atoms with Crippen LogP contribution in [0.5, 0.6) is 0 Å². The Kier molecular flexibility index (Phi) is 4.77. The highest BCUT2D eigenvalue weighted by Gasteiger charge is 2.23. The molecule has 1 aliphatic heterocycles. The van der Waals surface area contributed by atoms with E-state index in [0.717, 1.165) is 11.4 Å². The van der Waals surface area contributed by atoms with E-state index in [2.05, 4.69) is 5.10 Å². The zero-order chi connectivity index (χ0) is 16.9. The molecule has 0 unspecified atom stereocenters. The van der Waals surface area contributed by atoms with Crippen molar-refractivity contribution in [3.05, 3.63) is 83.5 Å². The summed E-state index contributed by atoms with van der Waals surface area (Å²) in [5.74, 6) is -0.139. The molecule has 24 heavy (non-hydrogen) atoms. The molecule has 1 aliphatic rings. The summed E-state index contributed by atoms with van der Waals surface area (Å²) in [5.41, 5.74) is 2.30. The van der Waals surface area contributed by atoms with Gasteiger partial charge in [-0.2, -0.15) is 10.1 Å². The van der Waals surface area contributed by atoms with Crippen LogP contribution in [0.15, 0.2) is 83.6 Å². The van der Waals surface area contributed by atoms with Crippen molar-refractivity contribution in [2.75, 3.05) is 17.0 Å². The first-order chi connectivity index (χ1) is 11.6. The molecule has 2 aromatic rings. The molecular weight excluding hydrogens is 322 g/mol. The molecule has 3 rings (SSSR count). The maximum atomic E-state index is 12.4. The fourth-order valence-electron chi connectivity index (χ4n) is 2.26. The van der Waals surface area contributed by atoms with E-state index in [1.165, 1.54) is 5.01 Å². The van der Waals surface area contributed by atoms with E-state index < -0.39 is 0 Å². The normalized spacial score (nSPS) is 15.7. The molecule has 0 N–H and O–H groups in total. The number of rotatable bonds is 4. The molecule has 0 spiro atoms. The van der Waals surface area contributed by atoms with Crippen LogP contribution in [-0.2, 0) is 4.79 Å². The Bertz CT molecular complexity index is 810. The smallest absolute Gasteiger partial charge is 0.280 e. The van der Waals surface area contributed by atoms with Gasteiger partial charge in [0, 0.05) is 24.0 Å². The van der Waals surface area contributed by atoms with Crippen molar-refractivity contribution in [1.29, 1.82) is 0 Å². The monoisotopic (exact) mass is 337 g/mol. The van der Waals surface area contributed by atoms with E-state index in [9.17, 15) is 4.79 Å². The minimum atomic E-state index is -0.139. The third-order valence-corrected chi connectivity index (χ3v) is 3.82. The van der Waals surface area contributed by atoms with Gasteiger partial charge in [-0.15, -0.1) is 0 Å². The third-order valence-electron chi connectivity index (χ3n) is 3.57. The number of anilines is 2. The van der Waals surface area contributed by atoms with Gasteiger partial charge in [-0.05, 0) is 48.6 Å². The van der Waals surface area contributed by atoms with Crippen LogP contribution in [0, 0.1) is 0 Å². The highest BCUT2D eigenvalue weighted by atomic mass is 35.5. The minimum absolute atomic E-state index is 0.139. The standard InChI is InChI=1S/C19H16ClN3O/c1-22(17-11-9-16(20)10-12-17)13-5-6-15-14-21-23(19(15)24)18-7-3-2-4-8-18/h2-14H,1H3. The van der Waals surface area contributed by atoms with Crippen molar-refractivity contribution in [1.82, 2.24) is 0 Å². The van der Waals surface area contributed by atoms with E-state index in [-0.39, 0.29) is 5.91 Å². The minimum Gasteiger partial charge on any atom is -0.351 e. The SMILES string of the molecule is CN(C=CC=C1C=NN(c2ccccc2)C1=O)c1ccc(Cl)cc1. The number of nitrogens with zero attached hydrogens (tertiary/aromatic N) is 3. The molecule has 0 atom stereocenters. The molecule has 4 nitrogen and oxygen atoms in total. The Labute approximate surface area is 146 Å². The highest BCUT2D eigenvalue weighted by molar-refractivity contribution is 6.30. The van der Waals surface area contributed by atoms with Crippen LogP contribution in [0.2, 0.25) is 5.02 Å². The van der Waals surface area contributed by atoms with Gasteiger partial charge in [-0.1, -0.05) is 29.8 Å². The summed E-state index contributed by atoms with van der Waals surface area (Å²) in [6.07, 6.45) is 7.02. The number of hydrogen-bond donors (Lipinski definition) is 0. The summed E-state index contributed by atoms with van der Waals surface area (Å²) in [6, 6.07) is 16.9. The van der Waals surface area contributed by atoms with E-state index in [1.807, 2.05) is 78.8 Å². The molecule has 0 radical (unpaired) electrons. The molecule has 1 amide bonds. The molecular formula is C19H16ClN3O. The van der Waals surface area contributed by atoms with Crippen molar-refractivity contribution in [3.8, 4) is 0 Å². The lowest BCUT2D eigenvalue weighted by molar-refractivity contribution is -0.114. The molecule has 0 saturated carbocycles. The molecule has 5 heteroatoms. The maximum Gasteiger partial charge on any atom is 0.280 e. The first-order valence-corrected chi connectivity index (χ1v) is 7.83. The second-order valence-corrected chi connectivity index (χ2v) is 5.68. The van der Waals surface area contributed by atoms with Gasteiger partial charge in [0.25, 0.3) is 5.91 Å². The molecule has 0 fully saturated rings. The number of allylic oxidation sites excluding steroid dienone is 2. The molecule has 0 bridgehead atoms. The third kappa shape index (κ3) is 3.55. The Morgan fingerprint density at radius 3 is 2.50 bits per heavy atom. The Morgan fingerprint density at radius 1 is 1.08 bits per heavy atom. The number of carbonyl (C=O) groups excluding carboxylic acids is 1. The lowest BCUT2D eigenvalue weighted by atomic mass is 10.2. The van der Waals surface area contributed by atoms with Crippen LogP contribution in [0.3, 0.4) is 0 Å². The fraction of sp³-hybridized carbons (Fsp3) is 0.0526. The van der Waals surface area contributed by atoms with Crippen LogP contribution < -0.4 is 9.91 Å². The Morgan fingerprint density at radius 2 is 1.79 bits per heavy atom. The van der Waals surface area contributed by atoms with Crippen LogP contribution in [-0.4, -0.2) is 19.2 Å². The van der Waals surface area contributed by atoms with Gasteiger partial charge in [-0.3, -0.25) is 4.79 Å². The van der Waals surface area contributed by atoms with Gasteiger partial charge in [0.15, 0.2) is 0 Å². The molecule has 120 valence electrons. The number of hydrazone groups is 1. The highest BCUT2D eigenvalue weighted by Crippen LogP contribution is 2.20. The Balaban J connectivity index is 1.68. The second-order valence-electron chi connectivity index (χ2n) is 5.25. The summed E-state index contributed by atoms with van der Waals surface area (Å²) in [6.45, 7) is 0. The molecule has 0 aliphatic carbocycles. The summed E-state index contributed by atoms with van der Waals surface area (Å²) >= 11 is 5.88. The predicted molar refractivity (Wildman–Crippen MR) is 99.5 cm³/mol. The van der Waals surface area contributed by atoms with E-state index in [0.29, 0.717) is 10.6 Å². The van der Waals surface area contributed by atoms with Crippen LogP contribution in [0.1, 0.15) is 0 Å². The van der Waals surface area contributed by atoms with E-state index >= 15 is 0 Å². The van der Waals surface area contributed by atoms with Gasteiger partial charge in [-0.25, -0.2) is 0 Å². The molecule has 2 aromatic carbocycles. The summed E-state index contributed by atoms with van der Waals surface area (Å²) in [5, 5.41) is 6.25. The molecule has 0 aromatic heterocycles. The second kappa shape index (κ2) is 7.15. The first-order valence-electron chi connectivity index (χ1n) is 7.45. The summed E-state index contributed by atoms with van der Waals surface area (Å²) in [4.78, 5) is 14.3. The van der Waals surface area contributed by atoms with Gasteiger partial charge in [0.1, 0.15) is 0 Å². The Hall–Kier alpha value is -2.85. The van der Waals surface area contributed by atoms with Crippen LogP contribution >= 0.6 is 11.6 Å². The zero-order valence-electron chi connectivity index (χ0n) is 13.1. The summed E-state index contributed by atoms with van der Waals surface area (Å²) in [7, 11) is 1.93. The van der Waals surface area contributed by atoms with Crippen molar-refractivity contribution in [3.63, 3.8) is 0 Å². The fourth-order valence-corrected chi connectivity index (χ4v) is 2.38. The van der Waals surface area contributed by atoms with Crippen molar-refractivity contribution in [2.45, 2.75) is 0 Å². The van der Waals surface area contributed by atoms with Crippen molar-refractivity contribution in [2.24, 2.45) is 5.10 Å². The van der Waals surface area contributed by atoms with Gasteiger partial charge < -0.3 is 4.90 Å². The quantitative estimate of drug-likeness (QED) is 0.782. The number of benzene rings is 2. The lowest BCUT2D eigenvalue weighted by Gasteiger charge is -2.13. The number of amides is 1. The number of halogens is 1. The number of para-hydroxylation sites is 1.